The second-order valence-electron chi connectivity index (χ2n) is 6.40. The summed E-state index contributed by atoms with van der Waals surface area (Å²) in [4.78, 5) is 24.2. The molecule has 0 bridgehead atoms. The van der Waals surface area contributed by atoms with E-state index >= 15 is 0 Å². The van der Waals surface area contributed by atoms with Gasteiger partial charge in [0.05, 0.1) is 21.0 Å². The van der Waals surface area contributed by atoms with Crippen molar-refractivity contribution in [1.82, 2.24) is 14.9 Å². The van der Waals surface area contributed by atoms with Crippen LogP contribution in [-0.4, -0.2) is 46.0 Å². The Morgan fingerprint density at radius 1 is 1.19 bits per heavy atom. The molecule has 0 amide bonds. The number of fused-ring (bicyclic) bond motifs is 1. The van der Waals surface area contributed by atoms with Gasteiger partial charge in [0.15, 0.2) is 0 Å². The van der Waals surface area contributed by atoms with Gasteiger partial charge in [0.1, 0.15) is 0 Å². The molecule has 1 saturated heterocycles. The summed E-state index contributed by atoms with van der Waals surface area (Å²) < 4.78 is 0. The van der Waals surface area contributed by atoms with Crippen LogP contribution in [0.25, 0.3) is 10.8 Å². The van der Waals surface area contributed by atoms with Crippen molar-refractivity contribution < 1.29 is 4.92 Å². The molecular formula is C18H19N5O2S. The molecule has 0 N–H and O–H groups in total. The molecule has 3 heterocycles. The van der Waals surface area contributed by atoms with E-state index in [2.05, 4.69) is 25.1 Å². The van der Waals surface area contributed by atoms with E-state index in [9.17, 15) is 10.1 Å². The molecule has 0 unspecified atom stereocenters. The Labute approximate surface area is 155 Å². The van der Waals surface area contributed by atoms with Gasteiger partial charge in [-0.2, -0.15) is 0 Å². The largest absolute Gasteiger partial charge is 0.368 e. The van der Waals surface area contributed by atoms with E-state index in [1.54, 1.807) is 29.8 Å². The third-order valence-corrected chi connectivity index (χ3v) is 5.56. The lowest BCUT2D eigenvalue weighted by Crippen LogP contribution is -2.46. The second-order valence-corrected chi connectivity index (χ2v) is 7.47. The van der Waals surface area contributed by atoms with Crippen molar-refractivity contribution in [3.63, 3.8) is 0 Å². The van der Waals surface area contributed by atoms with E-state index in [4.69, 9.17) is 0 Å². The molecule has 1 aromatic carbocycles. The fraction of sp³-hybridized carbons (Fsp3) is 0.333. The molecular weight excluding hydrogens is 350 g/mol. The molecule has 26 heavy (non-hydrogen) atoms. The van der Waals surface area contributed by atoms with Crippen LogP contribution in [0, 0.1) is 17.0 Å². The highest BCUT2D eigenvalue weighted by Gasteiger charge is 2.22. The maximum atomic E-state index is 11.3. The quantitative estimate of drug-likeness (QED) is 0.519. The third kappa shape index (κ3) is 3.25. The van der Waals surface area contributed by atoms with Gasteiger partial charge in [-0.3, -0.25) is 20.0 Å². The SMILES string of the molecule is Cc1nc(CN2CCN(c3ccc([N+](=O)[O-])c4cnccc34)CC2)cs1. The summed E-state index contributed by atoms with van der Waals surface area (Å²) in [7, 11) is 0. The molecule has 3 aromatic rings. The Bertz CT molecular complexity index is 950. The Hall–Kier alpha value is -2.58. The number of anilines is 1. The van der Waals surface area contributed by atoms with Crippen LogP contribution >= 0.6 is 11.3 Å². The minimum Gasteiger partial charge on any atom is -0.368 e. The number of hydrogen-bond acceptors (Lipinski definition) is 7. The first-order valence-electron chi connectivity index (χ1n) is 8.51. The van der Waals surface area contributed by atoms with Gasteiger partial charge in [0.2, 0.25) is 0 Å². The average Bonchev–Trinajstić information content (AvgIpc) is 3.06. The summed E-state index contributed by atoms with van der Waals surface area (Å²) in [6.07, 6.45) is 3.27. The highest BCUT2D eigenvalue weighted by molar-refractivity contribution is 7.09. The van der Waals surface area contributed by atoms with Crippen molar-refractivity contribution in [2.75, 3.05) is 31.1 Å². The first kappa shape index (κ1) is 16.9. The lowest BCUT2D eigenvalue weighted by atomic mass is 10.1. The zero-order valence-corrected chi connectivity index (χ0v) is 15.3. The molecule has 0 atom stereocenters. The maximum absolute atomic E-state index is 11.3. The van der Waals surface area contributed by atoms with Crippen LogP contribution in [0.15, 0.2) is 36.0 Å². The van der Waals surface area contributed by atoms with E-state index in [1.807, 2.05) is 19.1 Å². The number of nitro groups is 1. The Balaban J connectivity index is 1.53. The Kier molecular flexibility index (Phi) is 4.52. The fourth-order valence-electron chi connectivity index (χ4n) is 3.45. The first-order valence-corrected chi connectivity index (χ1v) is 9.39. The van der Waals surface area contributed by atoms with Crippen LogP contribution in [-0.2, 0) is 6.54 Å². The number of aryl methyl sites for hydroxylation is 1. The minimum atomic E-state index is -0.346. The average molecular weight is 369 g/mol. The highest BCUT2D eigenvalue weighted by atomic mass is 32.1. The number of piperazine rings is 1. The van der Waals surface area contributed by atoms with Crippen LogP contribution in [0.4, 0.5) is 11.4 Å². The van der Waals surface area contributed by atoms with Crippen molar-refractivity contribution in [3.8, 4) is 0 Å². The molecule has 2 aromatic heterocycles. The van der Waals surface area contributed by atoms with Gasteiger partial charge in [-0.1, -0.05) is 0 Å². The molecule has 134 valence electrons. The number of non-ortho nitro benzene ring substituents is 1. The summed E-state index contributed by atoms with van der Waals surface area (Å²) in [6.45, 7) is 6.57. The van der Waals surface area contributed by atoms with Crippen molar-refractivity contribution in [1.29, 1.82) is 0 Å². The zero-order valence-electron chi connectivity index (χ0n) is 14.5. The standard InChI is InChI=1S/C18H19N5O2S/c1-13-20-14(12-26-13)11-21-6-8-22(9-7-21)17-2-3-18(23(24)25)16-10-19-5-4-15(16)17/h2-5,10,12H,6-9,11H2,1H3. The van der Waals surface area contributed by atoms with Gasteiger partial charge in [0, 0.05) is 67.6 Å². The molecule has 7 nitrogen and oxygen atoms in total. The van der Waals surface area contributed by atoms with E-state index in [0.717, 1.165) is 54.5 Å². The van der Waals surface area contributed by atoms with Gasteiger partial charge in [0.25, 0.3) is 5.69 Å². The summed E-state index contributed by atoms with van der Waals surface area (Å²) >= 11 is 1.69. The fourth-order valence-corrected chi connectivity index (χ4v) is 4.05. The summed E-state index contributed by atoms with van der Waals surface area (Å²) in [5.74, 6) is 0. The van der Waals surface area contributed by atoms with Gasteiger partial charge in [-0.05, 0) is 19.1 Å². The number of pyridine rings is 1. The highest BCUT2D eigenvalue weighted by Crippen LogP contribution is 2.33. The van der Waals surface area contributed by atoms with Crippen molar-refractivity contribution in [2.24, 2.45) is 0 Å². The summed E-state index contributed by atoms with van der Waals surface area (Å²) in [5.41, 5.74) is 2.28. The predicted molar refractivity (Wildman–Crippen MR) is 103 cm³/mol. The molecule has 0 spiro atoms. The summed E-state index contributed by atoms with van der Waals surface area (Å²) in [6, 6.07) is 5.31. The summed E-state index contributed by atoms with van der Waals surface area (Å²) in [5, 5.41) is 16.0. The van der Waals surface area contributed by atoms with Gasteiger partial charge in [-0.15, -0.1) is 11.3 Å². The predicted octanol–water partition coefficient (Wildman–Crippen LogP) is 3.23. The Morgan fingerprint density at radius 2 is 2.00 bits per heavy atom. The number of benzene rings is 1. The van der Waals surface area contributed by atoms with Crippen molar-refractivity contribution in [2.45, 2.75) is 13.5 Å². The number of thiazole rings is 1. The third-order valence-electron chi connectivity index (χ3n) is 4.73. The van der Waals surface area contributed by atoms with Gasteiger partial charge in [-0.25, -0.2) is 4.98 Å². The number of aromatic nitrogens is 2. The number of hydrogen-bond donors (Lipinski definition) is 0. The van der Waals surface area contributed by atoms with E-state index < -0.39 is 0 Å². The minimum absolute atomic E-state index is 0.106. The van der Waals surface area contributed by atoms with E-state index in [0.29, 0.717) is 5.39 Å². The monoisotopic (exact) mass is 369 g/mol. The molecule has 1 aliphatic rings. The first-order chi connectivity index (χ1) is 12.6. The smallest absolute Gasteiger partial charge is 0.278 e. The number of rotatable bonds is 4. The number of nitro benzene ring substituents is 1. The van der Waals surface area contributed by atoms with Crippen LogP contribution in [0.5, 0.6) is 0 Å². The molecule has 0 radical (unpaired) electrons. The van der Waals surface area contributed by atoms with Gasteiger partial charge < -0.3 is 4.90 Å². The molecule has 8 heteroatoms. The second kappa shape index (κ2) is 6.97. The molecule has 0 aliphatic carbocycles. The van der Waals surface area contributed by atoms with Crippen LogP contribution in [0.2, 0.25) is 0 Å². The molecule has 0 saturated carbocycles. The number of nitrogens with zero attached hydrogens (tertiary/aromatic N) is 5. The molecule has 4 rings (SSSR count). The van der Waals surface area contributed by atoms with Crippen LogP contribution < -0.4 is 4.90 Å². The molecule has 1 fully saturated rings. The van der Waals surface area contributed by atoms with Gasteiger partial charge >= 0.3 is 0 Å². The van der Waals surface area contributed by atoms with E-state index in [-0.39, 0.29) is 10.6 Å². The molecule has 1 aliphatic heterocycles. The Morgan fingerprint density at radius 3 is 2.69 bits per heavy atom. The van der Waals surface area contributed by atoms with Crippen LogP contribution in [0.3, 0.4) is 0 Å². The normalized spacial score (nSPS) is 15.5. The van der Waals surface area contributed by atoms with Crippen LogP contribution in [0.1, 0.15) is 10.7 Å². The van der Waals surface area contributed by atoms with Crippen molar-refractivity contribution in [3.05, 3.63) is 56.8 Å². The zero-order chi connectivity index (χ0) is 18.1. The lowest BCUT2D eigenvalue weighted by Gasteiger charge is -2.36. The van der Waals surface area contributed by atoms with E-state index in [1.165, 1.54) is 0 Å². The topological polar surface area (TPSA) is 75.4 Å². The maximum Gasteiger partial charge on any atom is 0.278 e. The lowest BCUT2D eigenvalue weighted by molar-refractivity contribution is -0.383. The van der Waals surface area contributed by atoms with Crippen molar-refractivity contribution >= 4 is 33.5 Å².